The van der Waals surface area contributed by atoms with Gasteiger partial charge >= 0.3 is 6.18 Å². The molecule has 0 spiro atoms. The molecule has 0 radical (unpaired) electrons. The number of hydrogen-bond donors (Lipinski definition) is 0. The summed E-state index contributed by atoms with van der Waals surface area (Å²) < 4.78 is 50.4. The number of pyridine rings is 1. The lowest BCUT2D eigenvalue weighted by Crippen LogP contribution is -2.08. The van der Waals surface area contributed by atoms with Crippen molar-refractivity contribution < 1.29 is 17.6 Å². The Morgan fingerprint density at radius 1 is 1.07 bits per heavy atom. The average Bonchev–Trinajstić information content (AvgIpc) is 2.16. The molecule has 0 saturated carbocycles. The predicted molar refractivity (Wildman–Crippen MR) is 46.7 cm³/mol. The van der Waals surface area contributed by atoms with E-state index in [2.05, 4.69) is 4.98 Å². The molecule has 2 rings (SSSR count). The van der Waals surface area contributed by atoms with E-state index in [1.807, 2.05) is 0 Å². The second-order valence-corrected chi connectivity index (χ2v) is 2.99. The van der Waals surface area contributed by atoms with Crippen LogP contribution in [0, 0.1) is 5.82 Å². The van der Waals surface area contributed by atoms with Crippen molar-refractivity contribution in [3.05, 3.63) is 41.8 Å². The number of halogens is 4. The van der Waals surface area contributed by atoms with Gasteiger partial charge in [0.15, 0.2) is 0 Å². The molecule has 0 aliphatic heterocycles. The molecule has 0 bridgehead atoms. The lowest BCUT2D eigenvalue weighted by atomic mass is 10.1. The van der Waals surface area contributed by atoms with Crippen LogP contribution in [0.25, 0.3) is 10.9 Å². The normalized spacial score (nSPS) is 12.0. The van der Waals surface area contributed by atoms with Crippen LogP contribution in [0.15, 0.2) is 30.5 Å². The highest BCUT2D eigenvalue weighted by atomic mass is 19.4. The first kappa shape index (κ1) is 9.89. The summed E-state index contributed by atoms with van der Waals surface area (Å²) in [6.45, 7) is 0. The average molecular weight is 215 g/mol. The fraction of sp³-hybridized carbons (Fsp3) is 0.100. The lowest BCUT2D eigenvalue weighted by Gasteiger charge is -2.08. The zero-order chi connectivity index (χ0) is 11.1. The van der Waals surface area contributed by atoms with Gasteiger partial charge in [0, 0.05) is 11.6 Å². The van der Waals surface area contributed by atoms with E-state index in [9.17, 15) is 17.6 Å². The van der Waals surface area contributed by atoms with Gasteiger partial charge in [0.05, 0.1) is 11.1 Å². The van der Waals surface area contributed by atoms with Crippen LogP contribution in [0.5, 0.6) is 0 Å². The maximum Gasteiger partial charge on any atom is 0.419 e. The minimum absolute atomic E-state index is 0.118. The van der Waals surface area contributed by atoms with Gasteiger partial charge in [-0.15, -0.1) is 0 Å². The van der Waals surface area contributed by atoms with Gasteiger partial charge in [-0.2, -0.15) is 13.2 Å². The maximum absolute atomic E-state index is 13.4. The van der Waals surface area contributed by atoms with E-state index < -0.39 is 17.6 Å². The summed E-state index contributed by atoms with van der Waals surface area (Å²) in [5.41, 5.74) is -1.05. The third-order valence-corrected chi connectivity index (χ3v) is 2.02. The molecule has 1 nitrogen and oxygen atoms in total. The molecule has 0 atom stereocenters. The Morgan fingerprint density at radius 3 is 2.47 bits per heavy atom. The molecule has 15 heavy (non-hydrogen) atoms. The molecule has 0 saturated heterocycles. The summed E-state index contributed by atoms with van der Waals surface area (Å²) in [5.74, 6) is -1.27. The van der Waals surface area contributed by atoms with Gasteiger partial charge in [-0.1, -0.05) is 0 Å². The van der Waals surface area contributed by atoms with Gasteiger partial charge in [0.1, 0.15) is 5.82 Å². The van der Waals surface area contributed by atoms with Crippen LogP contribution in [0.4, 0.5) is 17.6 Å². The number of rotatable bonds is 0. The molecule has 0 N–H and O–H groups in total. The zero-order valence-electron chi connectivity index (χ0n) is 7.35. The first-order valence-corrected chi connectivity index (χ1v) is 4.10. The number of nitrogens with zero attached hydrogens (tertiary/aromatic N) is 1. The molecule has 78 valence electrons. The van der Waals surface area contributed by atoms with Crippen molar-refractivity contribution in [2.45, 2.75) is 6.18 Å². The molecule has 0 aliphatic rings. The highest BCUT2D eigenvalue weighted by Crippen LogP contribution is 2.33. The van der Waals surface area contributed by atoms with E-state index in [1.165, 1.54) is 18.3 Å². The maximum atomic E-state index is 13.4. The third kappa shape index (κ3) is 1.65. The minimum atomic E-state index is -4.67. The van der Waals surface area contributed by atoms with Crippen LogP contribution < -0.4 is 0 Å². The quantitative estimate of drug-likeness (QED) is 0.614. The van der Waals surface area contributed by atoms with Crippen LogP contribution in [0.1, 0.15) is 5.56 Å². The largest absolute Gasteiger partial charge is 0.419 e. The topological polar surface area (TPSA) is 12.9 Å². The molecule has 5 heteroatoms. The molecule has 1 aromatic heterocycles. The zero-order valence-corrected chi connectivity index (χ0v) is 7.35. The lowest BCUT2D eigenvalue weighted by molar-refractivity contribution is -0.139. The molecular weight excluding hydrogens is 210 g/mol. The molecular formula is C10H5F4N. The van der Waals surface area contributed by atoms with Gasteiger partial charge < -0.3 is 0 Å². The monoisotopic (exact) mass is 215 g/mol. The van der Waals surface area contributed by atoms with Crippen molar-refractivity contribution in [2.75, 3.05) is 0 Å². The van der Waals surface area contributed by atoms with E-state index in [0.717, 1.165) is 6.07 Å². The molecule has 0 fully saturated rings. The smallest absolute Gasteiger partial charge is 0.256 e. The van der Waals surface area contributed by atoms with Crippen LogP contribution in [-0.2, 0) is 6.18 Å². The van der Waals surface area contributed by atoms with E-state index in [-0.39, 0.29) is 10.9 Å². The standard InChI is InChI=1S/C10H5F4N/c11-9-6-2-1-5-15-8(6)4-3-7(9)10(12,13)14/h1-5H. The molecule has 0 unspecified atom stereocenters. The Balaban J connectivity index is 2.76. The fourth-order valence-corrected chi connectivity index (χ4v) is 1.34. The predicted octanol–water partition coefficient (Wildman–Crippen LogP) is 3.39. The van der Waals surface area contributed by atoms with E-state index >= 15 is 0 Å². The van der Waals surface area contributed by atoms with Gasteiger partial charge in [0.25, 0.3) is 0 Å². The molecule has 1 heterocycles. The van der Waals surface area contributed by atoms with Crippen molar-refractivity contribution >= 4 is 10.9 Å². The highest BCUT2D eigenvalue weighted by Gasteiger charge is 2.34. The highest BCUT2D eigenvalue weighted by molar-refractivity contribution is 5.79. The summed E-state index contributed by atoms with van der Waals surface area (Å²) in [6.07, 6.45) is -3.27. The Hall–Kier alpha value is -1.65. The Labute approximate surface area is 82.4 Å². The van der Waals surface area contributed by atoms with Crippen LogP contribution in [0.2, 0.25) is 0 Å². The van der Waals surface area contributed by atoms with Gasteiger partial charge in [-0.25, -0.2) is 4.39 Å². The first-order chi connectivity index (χ1) is 7.00. The summed E-state index contributed by atoms with van der Waals surface area (Å²) >= 11 is 0. The van der Waals surface area contributed by atoms with Crippen molar-refractivity contribution in [3.8, 4) is 0 Å². The van der Waals surface area contributed by atoms with E-state index in [1.54, 1.807) is 0 Å². The van der Waals surface area contributed by atoms with E-state index in [0.29, 0.717) is 6.07 Å². The minimum Gasteiger partial charge on any atom is -0.256 e. The van der Waals surface area contributed by atoms with Gasteiger partial charge in [-0.3, -0.25) is 4.98 Å². The summed E-state index contributed by atoms with van der Waals surface area (Å²) in [5, 5.41) is -0.118. The third-order valence-electron chi connectivity index (χ3n) is 2.02. The Bertz CT molecular complexity index is 504. The van der Waals surface area contributed by atoms with Crippen molar-refractivity contribution in [3.63, 3.8) is 0 Å². The summed E-state index contributed by atoms with van der Waals surface area (Å²) in [4.78, 5) is 3.76. The van der Waals surface area contributed by atoms with Gasteiger partial charge in [-0.05, 0) is 24.3 Å². The number of alkyl halides is 3. The molecule has 1 aromatic carbocycles. The number of hydrogen-bond acceptors (Lipinski definition) is 1. The SMILES string of the molecule is Fc1c(C(F)(F)F)ccc2ncccc12. The number of fused-ring (bicyclic) bond motifs is 1. The second kappa shape index (κ2) is 3.18. The van der Waals surface area contributed by atoms with Crippen LogP contribution in [-0.4, -0.2) is 4.98 Å². The number of benzene rings is 1. The second-order valence-electron chi connectivity index (χ2n) is 2.99. The van der Waals surface area contributed by atoms with E-state index in [4.69, 9.17) is 0 Å². The first-order valence-electron chi connectivity index (χ1n) is 4.10. The number of aromatic nitrogens is 1. The molecule has 0 aliphatic carbocycles. The summed E-state index contributed by atoms with van der Waals surface area (Å²) in [6, 6.07) is 4.52. The summed E-state index contributed by atoms with van der Waals surface area (Å²) in [7, 11) is 0. The van der Waals surface area contributed by atoms with Crippen molar-refractivity contribution in [1.82, 2.24) is 4.98 Å². The molecule has 2 aromatic rings. The Morgan fingerprint density at radius 2 is 1.80 bits per heavy atom. The van der Waals surface area contributed by atoms with Gasteiger partial charge in [0.2, 0.25) is 0 Å². The fourth-order valence-electron chi connectivity index (χ4n) is 1.34. The van der Waals surface area contributed by atoms with Crippen LogP contribution >= 0.6 is 0 Å². The Kier molecular flexibility index (Phi) is 2.10. The van der Waals surface area contributed by atoms with Crippen molar-refractivity contribution in [1.29, 1.82) is 0 Å². The van der Waals surface area contributed by atoms with Crippen molar-refractivity contribution in [2.24, 2.45) is 0 Å². The molecule has 0 amide bonds. The van der Waals surface area contributed by atoms with Crippen LogP contribution in [0.3, 0.4) is 0 Å².